The van der Waals surface area contributed by atoms with Crippen molar-refractivity contribution in [1.29, 1.82) is 0 Å². The lowest BCUT2D eigenvalue weighted by Crippen LogP contribution is -2.36. The first-order valence-corrected chi connectivity index (χ1v) is 6.28. The molecule has 1 aromatic carbocycles. The SMILES string of the molecule is CC(C)(C)OC(=O)N1CCc2c(B(O)O)cccc21. The van der Waals surface area contributed by atoms with Crippen LogP contribution in [0.5, 0.6) is 0 Å². The molecule has 1 aliphatic heterocycles. The maximum absolute atomic E-state index is 12.1. The second-order valence-corrected chi connectivity index (χ2v) is 5.60. The molecule has 0 aromatic heterocycles. The van der Waals surface area contributed by atoms with Crippen molar-refractivity contribution in [2.75, 3.05) is 11.4 Å². The molecule has 0 aliphatic carbocycles. The predicted molar refractivity (Wildman–Crippen MR) is 73.6 cm³/mol. The van der Waals surface area contributed by atoms with Gasteiger partial charge in [-0.3, -0.25) is 4.90 Å². The van der Waals surface area contributed by atoms with Gasteiger partial charge in [-0.25, -0.2) is 4.79 Å². The van der Waals surface area contributed by atoms with Crippen molar-refractivity contribution >= 4 is 24.4 Å². The molecule has 0 atom stereocenters. The Balaban J connectivity index is 2.28. The van der Waals surface area contributed by atoms with Crippen molar-refractivity contribution in [3.8, 4) is 0 Å². The summed E-state index contributed by atoms with van der Waals surface area (Å²) in [5, 5.41) is 18.6. The van der Waals surface area contributed by atoms with Gasteiger partial charge in [0.15, 0.2) is 0 Å². The first-order valence-electron chi connectivity index (χ1n) is 6.28. The summed E-state index contributed by atoms with van der Waals surface area (Å²) in [7, 11) is -1.52. The minimum absolute atomic E-state index is 0.407. The molecule has 1 amide bonds. The molecule has 0 unspecified atom stereocenters. The molecule has 0 radical (unpaired) electrons. The molecule has 0 fully saturated rings. The lowest BCUT2D eigenvalue weighted by Gasteiger charge is -2.24. The number of amides is 1. The molecular weight excluding hydrogens is 245 g/mol. The molecule has 1 heterocycles. The number of fused-ring (bicyclic) bond motifs is 1. The van der Waals surface area contributed by atoms with Crippen molar-refractivity contribution < 1.29 is 19.6 Å². The molecule has 2 rings (SSSR count). The molecule has 0 saturated heterocycles. The Kier molecular flexibility index (Phi) is 3.56. The van der Waals surface area contributed by atoms with E-state index in [1.54, 1.807) is 18.2 Å². The number of nitrogens with zero attached hydrogens (tertiary/aromatic N) is 1. The van der Waals surface area contributed by atoms with Gasteiger partial charge in [-0.1, -0.05) is 12.1 Å². The number of carbonyl (C=O) groups excluding carboxylic acids is 1. The highest BCUT2D eigenvalue weighted by Gasteiger charge is 2.31. The Morgan fingerprint density at radius 2 is 2.05 bits per heavy atom. The first kappa shape index (κ1) is 13.9. The molecule has 5 nitrogen and oxygen atoms in total. The van der Waals surface area contributed by atoms with Gasteiger partial charge >= 0.3 is 13.2 Å². The maximum atomic E-state index is 12.1. The summed E-state index contributed by atoms with van der Waals surface area (Å²) in [6.07, 6.45) is 0.193. The van der Waals surface area contributed by atoms with Gasteiger partial charge in [-0.2, -0.15) is 0 Å². The normalized spacial score (nSPS) is 14.3. The summed E-state index contributed by atoms with van der Waals surface area (Å²) in [5.74, 6) is 0. The lowest BCUT2D eigenvalue weighted by atomic mass is 9.76. The third kappa shape index (κ3) is 2.90. The van der Waals surface area contributed by atoms with Gasteiger partial charge < -0.3 is 14.8 Å². The fraction of sp³-hybridized carbons (Fsp3) is 0.462. The van der Waals surface area contributed by atoms with Gasteiger partial charge in [0, 0.05) is 12.2 Å². The highest BCUT2D eigenvalue weighted by molar-refractivity contribution is 6.59. The lowest BCUT2D eigenvalue weighted by molar-refractivity contribution is 0.0584. The number of hydrogen-bond acceptors (Lipinski definition) is 4. The second-order valence-electron chi connectivity index (χ2n) is 5.60. The van der Waals surface area contributed by atoms with Crippen LogP contribution in [0.4, 0.5) is 10.5 Å². The molecule has 0 bridgehead atoms. The van der Waals surface area contributed by atoms with Gasteiger partial charge in [-0.05, 0) is 44.3 Å². The highest BCUT2D eigenvalue weighted by Crippen LogP contribution is 2.28. The number of benzene rings is 1. The molecule has 6 heteroatoms. The van der Waals surface area contributed by atoms with Crippen LogP contribution in [0.1, 0.15) is 26.3 Å². The van der Waals surface area contributed by atoms with Crippen LogP contribution in [0.3, 0.4) is 0 Å². The van der Waals surface area contributed by atoms with Crippen molar-refractivity contribution in [2.24, 2.45) is 0 Å². The van der Waals surface area contributed by atoms with Gasteiger partial charge in [0.25, 0.3) is 0 Å². The Hall–Kier alpha value is -1.53. The third-order valence-corrected chi connectivity index (χ3v) is 2.96. The molecule has 1 aromatic rings. The topological polar surface area (TPSA) is 70.0 Å². The summed E-state index contributed by atoms with van der Waals surface area (Å²) in [6.45, 7) is 5.94. The van der Waals surface area contributed by atoms with Crippen LogP contribution in [0.2, 0.25) is 0 Å². The average Bonchev–Trinajstić information content (AvgIpc) is 2.69. The van der Waals surface area contributed by atoms with E-state index in [2.05, 4.69) is 0 Å². The van der Waals surface area contributed by atoms with Gasteiger partial charge in [0.2, 0.25) is 0 Å². The molecule has 102 valence electrons. The number of hydrogen-bond donors (Lipinski definition) is 2. The standard InChI is InChI=1S/C13H18BNO4/c1-13(2,3)19-12(16)15-8-7-9-10(14(17)18)5-4-6-11(9)15/h4-6,17-18H,7-8H2,1-3H3. The Morgan fingerprint density at radius 1 is 1.37 bits per heavy atom. The van der Waals surface area contributed by atoms with Crippen molar-refractivity contribution in [3.63, 3.8) is 0 Å². The van der Waals surface area contributed by atoms with Gasteiger partial charge in [0.05, 0.1) is 0 Å². The smallest absolute Gasteiger partial charge is 0.443 e. The van der Waals surface area contributed by atoms with Crippen LogP contribution in [-0.4, -0.2) is 35.4 Å². The summed E-state index contributed by atoms with van der Waals surface area (Å²) < 4.78 is 5.34. The Morgan fingerprint density at radius 3 is 2.63 bits per heavy atom. The van der Waals surface area contributed by atoms with Gasteiger partial charge in [0.1, 0.15) is 5.60 Å². The zero-order chi connectivity index (χ0) is 14.2. The molecule has 0 saturated carbocycles. The zero-order valence-corrected chi connectivity index (χ0v) is 11.4. The van der Waals surface area contributed by atoms with E-state index in [4.69, 9.17) is 4.74 Å². The van der Waals surface area contributed by atoms with Crippen LogP contribution >= 0.6 is 0 Å². The first-order chi connectivity index (χ1) is 8.79. The Labute approximate surface area is 112 Å². The maximum Gasteiger partial charge on any atom is 0.488 e. The minimum Gasteiger partial charge on any atom is -0.443 e. The second kappa shape index (κ2) is 4.87. The van der Waals surface area contributed by atoms with Crippen LogP contribution < -0.4 is 10.4 Å². The van der Waals surface area contributed by atoms with Crippen molar-refractivity contribution in [3.05, 3.63) is 23.8 Å². The monoisotopic (exact) mass is 263 g/mol. The molecule has 19 heavy (non-hydrogen) atoms. The van der Waals surface area contributed by atoms with E-state index in [0.29, 0.717) is 24.1 Å². The van der Waals surface area contributed by atoms with E-state index in [-0.39, 0.29) is 0 Å². The van der Waals surface area contributed by atoms with Crippen LogP contribution in [0.25, 0.3) is 0 Å². The number of anilines is 1. The van der Waals surface area contributed by atoms with E-state index >= 15 is 0 Å². The summed E-state index contributed by atoms with van der Waals surface area (Å²) in [4.78, 5) is 13.6. The Bertz CT molecular complexity index is 496. The third-order valence-electron chi connectivity index (χ3n) is 2.96. The summed E-state index contributed by atoms with van der Waals surface area (Å²) in [5.41, 5.74) is 1.39. The van der Waals surface area contributed by atoms with Crippen LogP contribution in [0.15, 0.2) is 18.2 Å². The fourth-order valence-electron chi connectivity index (χ4n) is 2.21. The number of carbonyl (C=O) groups is 1. The van der Waals surface area contributed by atoms with Crippen LogP contribution in [0, 0.1) is 0 Å². The summed E-state index contributed by atoms with van der Waals surface area (Å²) in [6, 6.07) is 5.15. The zero-order valence-electron chi connectivity index (χ0n) is 11.4. The average molecular weight is 263 g/mol. The number of rotatable bonds is 1. The van der Waals surface area contributed by atoms with E-state index in [1.807, 2.05) is 20.8 Å². The van der Waals surface area contributed by atoms with E-state index in [1.165, 1.54) is 4.90 Å². The van der Waals surface area contributed by atoms with Crippen molar-refractivity contribution in [1.82, 2.24) is 0 Å². The fourth-order valence-corrected chi connectivity index (χ4v) is 2.21. The number of ether oxygens (including phenoxy) is 1. The van der Waals surface area contributed by atoms with Gasteiger partial charge in [-0.15, -0.1) is 0 Å². The van der Waals surface area contributed by atoms with E-state index in [9.17, 15) is 14.8 Å². The minimum atomic E-state index is -1.52. The molecular formula is C13H18BNO4. The molecule has 0 spiro atoms. The summed E-state index contributed by atoms with van der Waals surface area (Å²) >= 11 is 0. The van der Waals surface area contributed by atoms with Crippen LogP contribution in [-0.2, 0) is 11.2 Å². The molecule has 1 aliphatic rings. The highest BCUT2D eigenvalue weighted by atomic mass is 16.6. The van der Waals surface area contributed by atoms with E-state index < -0.39 is 18.8 Å². The van der Waals surface area contributed by atoms with Crippen molar-refractivity contribution in [2.45, 2.75) is 32.8 Å². The van der Waals surface area contributed by atoms with E-state index in [0.717, 1.165) is 5.56 Å². The predicted octanol–water partition coefficient (Wildman–Crippen LogP) is 0.664. The molecule has 2 N–H and O–H groups in total. The quantitative estimate of drug-likeness (QED) is 0.730. The largest absolute Gasteiger partial charge is 0.488 e.